The van der Waals surface area contributed by atoms with E-state index in [1.165, 1.54) is 0 Å². The molecule has 0 aliphatic carbocycles. The van der Waals surface area contributed by atoms with Gasteiger partial charge in [-0.15, -0.1) is 0 Å². The van der Waals surface area contributed by atoms with Crippen molar-refractivity contribution >= 4 is 17.4 Å². The number of pyridine rings is 1. The van der Waals surface area contributed by atoms with Crippen molar-refractivity contribution < 1.29 is 9.53 Å². The third-order valence-corrected chi connectivity index (χ3v) is 3.96. The van der Waals surface area contributed by atoms with Crippen LogP contribution in [0.4, 0.5) is 11.5 Å². The van der Waals surface area contributed by atoms with Crippen LogP contribution in [-0.2, 0) is 6.42 Å². The summed E-state index contributed by atoms with van der Waals surface area (Å²) in [4.78, 5) is 16.4. The minimum absolute atomic E-state index is 0.171. The Morgan fingerprint density at radius 2 is 1.77 bits per heavy atom. The maximum atomic E-state index is 12.1. The first-order valence-electron chi connectivity index (χ1n) is 8.44. The van der Waals surface area contributed by atoms with Gasteiger partial charge in [-0.25, -0.2) is 4.98 Å². The van der Waals surface area contributed by atoms with Gasteiger partial charge in [0.05, 0.1) is 19.0 Å². The summed E-state index contributed by atoms with van der Waals surface area (Å²) in [5, 5.41) is 6.11. The zero-order valence-corrected chi connectivity index (χ0v) is 14.6. The second-order valence-corrected chi connectivity index (χ2v) is 5.74. The number of rotatable bonds is 7. The summed E-state index contributed by atoms with van der Waals surface area (Å²) in [5.41, 5.74) is 2.66. The lowest BCUT2D eigenvalue weighted by Gasteiger charge is -2.10. The number of para-hydroxylation sites is 1. The summed E-state index contributed by atoms with van der Waals surface area (Å²) in [6.45, 7) is 0.762. The molecule has 0 aliphatic rings. The molecule has 0 fully saturated rings. The molecule has 3 aromatic rings. The number of hydrogen-bond acceptors (Lipinski definition) is 4. The molecule has 2 aromatic carbocycles. The summed E-state index contributed by atoms with van der Waals surface area (Å²) in [6, 6.07) is 20.7. The molecule has 0 aliphatic heterocycles. The van der Waals surface area contributed by atoms with Crippen LogP contribution in [0.3, 0.4) is 0 Å². The normalized spacial score (nSPS) is 10.2. The number of hydrogen-bond donors (Lipinski definition) is 2. The topological polar surface area (TPSA) is 63.2 Å². The average molecular weight is 347 g/mol. The van der Waals surface area contributed by atoms with Gasteiger partial charge in [-0.1, -0.05) is 36.4 Å². The van der Waals surface area contributed by atoms with Gasteiger partial charge in [-0.2, -0.15) is 0 Å². The van der Waals surface area contributed by atoms with E-state index in [4.69, 9.17) is 4.74 Å². The van der Waals surface area contributed by atoms with Crippen molar-refractivity contribution in [1.82, 2.24) is 4.98 Å². The summed E-state index contributed by atoms with van der Waals surface area (Å²) >= 11 is 0. The maximum absolute atomic E-state index is 12.1. The fraction of sp³-hybridized carbons (Fsp3) is 0.143. The third-order valence-electron chi connectivity index (χ3n) is 3.96. The van der Waals surface area contributed by atoms with Crippen LogP contribution in [0.15, 0.2) is 72.9 Å². The van der Waals surface area contributed by atoms with E-state index in [-0.39, 0.29) is 5.91 Å². The number of nitrogens with one attached hydrogen (secondary N) is 2. The van der Waals surface area contributed by atoms with E-state index in [0.29, 0.717) is 11.4 Å². The summed E-state index contributed by atoms with van der Waals surface area (Å²) in [6.07, 6.45) is 2.55. The number of aromatic nitrogens is 1. The van der Waals surface area contributed by atoms with E-state index in [2.05, 4.69) is 21.7 Å². The molecule has 132 valence electrons. The Morgan fingerprint density at radius 3 is 2.50 bits per heavy atom. The Labute approximate surface area is 153 Å². The first-order chi connectivity index (χ1) is 12.8. The molecule has 0 unspecified atom stereocenters. The number of carbonyl (C=O) groups is 1. The zero-order valence-electron chi connectivity index (χ0n) is 14.6. The van der Waals surface area contributed by atoms with Crippen LogP contribution < -0.4 is 15.4 Å². The van der Waals surface area contributed by atoms with E-state index in [0.717, 1.165) is 30.0 Å². The molecule has 0 radical (unpaired) electrons. The van der Waals surface area contributed by atoms with Crippen molar-refractivity contribution in [2.24, 2.45) is 0 Å². The van der Waals surface area contributed by atoms with Crippen molar-refractivity contribution in [3.8, 4) is 5.75 Å². The van der Waals surface area contributed by atoms with Crippen LogP contribution in [0.25, 0.3) is 0 Å². The standard InChI is InChI=1S/C21H21N3O2/c1-26-19-10-6-5-7-16(19)13-14-22-18-11-12-20(23-15-18)24-21(25)17-8-3-2-4-9-17/h2-12,15,22H,13-14H2,1H3,(H,23,24,25). The van der Waals surface area contributed by atoms with Crippen LogP contribution in [0, 0.1) is 0 Å². The molecule has 0 bridgehead atoms. The Morgan fingerprint density at radius 1 is 1.00 bits per heavy atom. The molecule has 0 saturated carbocycles. The second-order valence-electron chi connectivity index (χ2n) is 5.74. The Bertz CT molecular complexity index is 849. The lowest BCUT2D eigenvalue weighted by molar-refractivity contribution is 0.102. The maximum Gasteiger partial charge on any atom is 0.256 e. The fourth-order valence-electron chi connectivity index (χ4n) is 2.60. The number of carbonyl (C=O) groups excluding carboxylic acids is 1. The van der Waals surface area contributed by atoms with E-state index >= 15 is 0 Å². The molecule has 1 amide bonds. The highest BCUT2D eigenvalue weighted by Crippen LogP contribution is 2.18. The van der Waals surface area contributed by atoms with E-state index < -0.39 is 0 Å². The molecular formula is C21H21N3O2. The summed E-state index contributed by atoms with van der Waals surface area (Å²) < 4.78 is 5.36. The number of amides is 1. The van der Waals surface area contributed by atoms with Gasteiger partial charge in [-0.05, 0) is 42.3 Å². The molecule has 2 N–H and O–H groups in total. The monoisotopic (exact) mass is 347 g/mol. The first-order valence-corrected chi connectivity index (χ1v) is 8.44. The van der Waals surface area contributed by atoms with Gasteiger partial charge in [0, 0.05) is 12.1 Å². The minimum atomic E-state index is -0.171. The number of methoxy groups -OCH3 is 1. The highest BCUT2D eigenvalue weighted by atomic mass is 16.5. The molecule has 5 nitrogen and oxygen atoms in total. The largest absolute Gasteiger partial charge is 0.496 e. The van der Waals surface area contributed by atoms with Gasteiger partial charge in [-0.3, -0.25) is 4.79 Å². The molecule has 0 saturated heterocycles. The lowest BCUT2D eigenvalue weighted by Crippen LogP contribution is -2.13. The zero-order chi connectivity index (χ0) is 18.2. The van der Waals surface area contributed by atoms with Gasteiger partial charge >= 0.3 is 0 Å². The van der Waals surface area contributed by atoms with Gasteiger partial charge in [0.25, 0.3) is 5.91 Å². The van der Waals surface area contributed by atoms with Crippen LogP contribution in [0.1, 0.15) is 15.9 Å². The minimum Gasteiger partial charge on any atom is -0.496 e. The van der Waals surface area contributed by atoms with Crippen molar-refractivity contribution in [3.05, 3.63) is 84.1 Å². The smallest absolute Gasteiger partial charge is 0.256 e. The number of ether oxygens (including phenoxy) is 1. The Hall–Kier alpha value is -3.34. The third kappa shape index (κ3) is 4.60. The van der Waals surface area contributed by atoms with Gasteiger partial charge in [0.15, 0.2) is 0 Å². The molecule has 0 spiro atoms. The van der Waals surface area contributed by atoms with E-state index in [1.54, 1.807) is 31.5 Å². The molecule has 1 aromatic heterocycles. The summed E-state index contributed by atoms with van der Waals surface area (Å²) in [7, 11) is 1.68. The molecule has 0 atom stereocenters. The van der Waals surface area contributed by atoms with Crippen molar-refractivity contribution in [2.45, 2.75) is 6.42 Å². The van der Waals surface area contributed by atoms with Crippen LogP contribution in [0.5, 0.6) is 5.75 Å². The highest BCUT2D eigenvalue weighted by molar-refractivity contribution is 6.03. The Balaban J connectivity index is 1.52. The van der Waals surface area contributed by atoms with Crippen molar-refractivity contribution in [2.75, 3.05) is 24.3 Å². The fourth-order valence-corrected chi connectivity index (χ4v) is 2.60. The molecule has 3 rings (SSSR count). The van der Waals surface area contributed by atoms with Gasteiger partial charge in [0.2, 0.25) is 0 Å². The molecule has 1 heterocycles. The number of nitrogens with zero attached hydrogens (tertiary/aromatic N) is 1. The quantitative estimate of drug-likeness (QED) is 0.678. The number of benzene rings is 2. The number of anilines is 2. The SMILES string of the molecule is COc1ccccc1CCNc1ccc(NC(=O)c2ccccc2)nc1. The van der Waals surface area contributed by atoms with Crippen molar-refractivity contribution in [1.29, 1.82) is 0 Å². The van der Waals surface area contributed by atoms with E-state index in [1.807, 2.05) is 42.5 Å². The van der Waals surface area contributed by atoms with E-state index in [9.17, 15) is 4.79 Å². The predicted octanol–water partition coefficient (Wildman–Crippen LogP) is 4.00. The second kappa shape index (κ2) is 8.67. The molecule has 5 heteroatoms. The molecular weight excluding hydrogens is 326 g/mol. The van der Waals surface area contributed by atoms with Crippen LogP contribution >= 0.6 is 0 Å². The van der Waals surface area contributed by atoms with Crippen molar-refractivity contribution in [3.63, 3.8) is 0 Å². The van der Waals surface area contributed by atoms with Gasteiger partial charge < -0.3 is 15.4 Å². The first kappa shape index (κ1) is 17.5. The molecule has 26 heavy (non-hydrogen) atoms. The van der Waals surface area contributed by atoms with Gasteiger partial charge in [0.1, 0.15) is 11.6 Å². The summed E-state index contributed by atoms with van der Waals surface area (Å²) in [5.74, 6) is 1.25. The van der Waals surface area contributed by atoms with Crippen LogP contribution in [0.2, 0.25) is 0 Å². The van der Waals surface area contributed by atoms with Crippen LogP contribution in [-0.4, -0.2) is 24.5 Å². The highest BCUT2D eigenvalue weighted by Gasteiger charge is 2.06. The predicted molar refractivity (Wildman–Crippen MR) is 104 cm³/mol. The average Bonchev–Trinajstić information content (AvgIpc) is 2.70. The Kier molecular flexibility index (Phi) is 5.83. The lowest BCUT2D eigenvalue weighted by atomic mass is 10.1.